The zero-order valence-electron chi connectivity index (χ0n) is 6.65. The molecule has 0 aromatic rings. The van der Waals surface area contributed by atoms with Crippen LogP contribution in [-0.4, -0.2) is 0 Å². The van der Waals surface area contributed by atoms with Crippen LogP contribution in [-0.2, 0) is 0 Å². The zero-order valence-corrected chi connectivity index (χ0v) is 6.65. The van der Waals surface area contributed by atoms with E-state index in [1.54, 1.807) is 0 Å². The average Bonchev–Trinajstić information content (AvgIpc) is 2.47. The van der Waals surface area contributed by atoms with Crippen molar-refractivity contribution in [2.75, 3.05) is 0 Å². The van der Waals surface area contributed by atoms with E-state index >= 15 is 0 Å². The fourth-order valence-corrected chi connectivity index (χ4v) is 4.34. The molecule has 2 atom stereocenters. The Bertz CT molecular complexity index is 186. The molecule has 0 aromatic carbocycles. The molecule has 1 spiro atoms. The van der Waals surface area contributed by atoms with Crippen molar-refractivity contribution < 1.29 is 0 Å². The van der Waals surface area contributed by atoms with Gasteiger partial charge in [0.05, 0.1) is 0 Å². The number of fused-ring (bicyclic) bond motifs is 1. The van der Waals surface area contributed by atoms with Gasteiger partial charge in [-0.3, -0.25) is 0 Å². The molecule has 3 aliphatic carbocycles. The summed E-state index contributed by atoms with van der Waals surface area (Å²) in [4.78, 5) is 0. The lowest BCUT2D eigenvalue weighted by Gasteiger charge is -2.03. The summed E-state index contributed by atoms with van der Waals surface area (Å²) in [6.45, 7) is 9.73. The minimum atomic E-state index is 0.751. The van der Waals surface area contributed by atoms with Gasteiger partial charge in [0.15, 0.2) is 0 Å². The summed E-state index contributed by atoms with van der Waals surface area (Å²) in [5.74, 6) is 2.31. The first kappa shape index (κ1) is 4.76. The molecule has 50 valence electrons. The molecule has 0 amide bonds. The lowest BCUT2D eigenvalue weighted by Crippen LogP contribution is -1.97. The molecular weight excluding hydrogens is 108 g/mol. The van der Waals surface area contributed by atoms with Gasteiger partial charge in [0, 0.05) is 0 Å². The Kier molecular flexibility index (Phi) is 0.360. The van der Waals surface area contributed by atoms with Gasteiger partial charge in [-0.25, -0.2) is 0 Å². The van der Waals surface area contributed by atoms with Gasteiger partial charge >= 0.3 is 0 Å². The van der Waals surface area contributed by atoms with Gasteiger partial charge in [-0.1, -0.05) is 27.7 Å². The van der Waals surface area contributed by atoms with Crippen LogP contribution >= 0.6 is 0 Å². The van der Waals surface area contributed by atoms with E-state index in [9.17, 15) is 0 Å². The van der Waals surface area contributed by atoms with Gasteiger partial charge in [0.1, 0.15) is 0 Å². The Morgan fingerprint density at radius 1 is 0.778 bits per heavy atom. The molecule has 0 heterocycles. The van der Waals surface area contributed by atoms with Crippen LogP contribution in [0.1, 0.15) is 27.7 Å². The van der Waals surface area contributed by atoms with E-state index in [4.69, 9.17) is 0 Å². The SMILES string of the molecule is CC1(C)C2C3C(C)(C)C231. The van der Waals surface area contributed by atoms with Crippen LogP contribution in [0.3, 0.4) is 0 Å². The van der Waals surface area contributed by atoms with E-state index in [2.05, 4.69) is 27.7 Å². The van der Waals surface area contributed by atoms with Gasteiger partial charge in [0.25, 0.3) is 0 Å². The predicted molar refractivity (Wildman–Crippen MR) is 37.0 cm³/mol. The molecule has 3 fully saturated rings. The molecule has 0 N–H and O–H groups in total. The third kappa shape index (κ3) is 0.180. The van der Waals surface area contributed by atoms with Crippen LogP contribution in [0, 0.1) is 28.1 Å². The second-order valence-electron chi connectivity index (χ2n) is 5.27. The average molecular weight is 122 g/mol. The smallest absolute Gasteiger partial charge is 0.0116 e. The maximum absolute atomic E-state index is 2.43. The molecule has 0 saturated heterocycles. The third-order valence-corrected chi connectivity index (χ3v) is 4.73. The Balaban J connectivity index is 2.04. The van der Waals surface area contributed by atoms with E-state index in [0.717, 1.165) is 28.1 Å². The first-order valence-electron chi connectivity index (χ1n) is 3.99. The van der Waals surface area contributed by atoms with Crippen molar-refractivity contribution in [3.8, 4) is 0 Å². The summed E-state index contributed by atoms with van der Waals surface area (Å²) >= 11 is 0. The molecule has 2 unspecified atom stereocenters. The molecule has 3 saturated carbocycles. The highest BCUT2D eigenvalue weighted by Gasteiger charge is 3.09. The summed E-state index contributed by atoms with van der Waals surface area (Å²) in [7, 11) is 0. The van der Waals surface area contributed by atoms with Crippen molar-refractivity contribution in [3.63, 3.8) is 0 Å². The number of hydrogen-bond donors (Lipinski definition) is 0. The van der Waals surface area contributed by atoms with Gasteiger partial charge in [-0.15, -0.1) is 0 Å². The summed E-state index contributed by atoms with van der Waals surface area (Å²) in [5, 5.41) is 0. The van der Waals surface area contributed by atoms with Crippen LogP contribution in [0.2, 0.25) is 0 Å². The van der Waals surface area contributed by atoms with Gasteiger partial charge in [-0.05, 0) is 28.1 Å². The van der Waals surface area contributed by atoms with Crippen molar-refractivity contribution in [1.29, 1.82) is 0 Å². The van der Waals surface area contributed by atoms with Crippen LogP contribution in [0.5, 0.6) is 0 Å². The maximum Gasteiger partial charge on any atom is -0.0116 e. The van der Waals surface area contributed by atoms with Crippen molar-refractivity contribution >= 4 is 0 Å². The van der Waals surface area contributed by atoms with Crippen LogP contribution in [0.15, 0.2) is 0 Å². The van der Waals surface area contributed by atoms with Crippen LogP contribution in [0.4, 0.5) is 0 Å². The summed E-state index contributed by atoms with van der Waals surface area (Å²) in [5.41, 5.74) is 2.38. The van der Waals surface area contributed by atoms with E-state index in [1.807, 2.05) is 0 Å². The van der Waals surface area contributed by atoms with Crippen molar-refractivity contribution in [2.45, 2.75) is 27.7 Å². The van der Waals surface area contributed by atoms with Crippen molar-refractivity contribution in [1.82, 2.24) is 0 Å². The third-order valence-electron chi connectivity index (χ3n) is 4.73. The second kappa shape index (κ2) is 0.681. The molecule has 3 aliphatic rings. The van der Waals surface area contributed by atoms with E-state index in [-0.39, 0.29) is 0 Å². The Labute approximate surface area is 56.6 Å². The highest BCUT2D eigenvalue weighted by Crippen LogP contribution is 3.13. The number of rotatable bonds is 0. The Morgan fingerprint density at radius 2 is 1.11 bits per heavy atom. The van der Waals surface area contributed by atoms with Gasteiger partial charge in [0.2, 0.25) is 0 Å². The minimum Gasteiger partial charge on any atom is -0.0590 e. The zero-order chi connectivity index (χ0) is 6.65. The topological polar surface area (TPSA) is 0 Å². The van der Waals surface area contributed by atoms with E-state index in [0.29, 0.717) is 0 Å². The van der Waals surface area contributed by atoms with Crippen molar-refractivity contribution in [3.05, 3.63) is 0 Å². The molecular formula is C9H14. The van der Waals surface area contributed by atoms with Crippen LogP contribution in [0.25, 0.3) is 0 Å². The Morgan fingerprint density at radius 3 is 1.11 bits per heavy atom. The van der Waals surface area contributed by atoms with Crippen molar-refractivity contribution in [2.24, 2.45) is 28.1 Å². The van der Waals surface area contributed by atoms with Gasteiger partial charge in [-0.2, -0.15) is 0 Å². The summed E-state index contributed by atoms with van der Waals surface area (Å²) in [6, 6.07) is 0. The monoisotopic (exact) mass is 122 g/mol. The van der Waals surface area contributed by atoms with Crippen LogP contribution < -0.4 is 0 Å². The van der Waals surface area contributed by atoms with Gasteiger partial charge < -0.3 is 0 Å². The lowest BCUT2D eigenvalue weighted by atomic mass is 10.0. The first-order chi connectivity index (χ1) is 3.99. The fourth-order valence-electron chi connectivity index (χ4n) is 4.34. The molecule has 0 bridgehead atoms. The molecule has 0 nitrogen and oxygen atoms in total. The molecule has 9 heavy (non-hydrogen) atoms. The molecule has 3 rings (SSSR count). The van der Waals surface area contributed by atoms with E-state index in [1.165, 1.54) is 0 Å². The standard InChI is InChI=1S/C9H14/c1-7(2)5-6-8(3,4)9(5,6)7/h5-6H,1-4H3. The Hall–Kier alpha value is 0. The quantitative estimate of drug-likeness (QED) is 0.462. The second-order valence-corrected chi connectivity index (χ2v) is 5.27. The first-order valence-corrected chi connectivity index (χ1v) is 3.99. The summed E-state index contributed by atoms with van der Waals surface area (Å²) in [6.07, 6.45) is 0. The normalized spacial score (nSPS) is 68.0. The molecule has 0 aliphatic heterocycles. The highest BCUT2D eigenvalue weighted by molar-refractivity contribution is 5.56. The number of hydrogen-bond acceptors (Lipinski definition) is 0. The van der Waals surface area contributed by atoms with E-state index < -0.39 is 0 Å². The molecule has 0 aromatic heterocycles. The molecule has 0 heteroatoms. The highest BCUT2D eigenvalue weighted by atomic mass is 15.1. The lowest BCUT2D eigenvalue weighted by molar-refractivity contribution is 0.448. The largest absolute Gasteiger partial charge is 0.0590 e. The summed E-state index contributed by atoms with van der Waals surface area (Å²) < 4.78 is 0. The maximum atomic E-state index is 2.43. The minimum absolute atomic E-state index is 0.751. The molecule has 0 radical (unpaired) electrons. The fraction of sp³-hybridized carbons (Fsp3) is 1.00. The predicted octanol–water partition coefficient (Wildman–Crippen LogP) is 2.30.